The van der Waals surface area contributed by atoms with Gasteiger partial charge in [0.25, 0.3) is 0 Å². The highest BCUT2D eigenvalue weighted by atomic mass is 79.9. The molecule has 0 spiro atoms. The number of nitrogens with zero attached hydrogens (tertiary/aromatic N) is 3. The van der Waals surface area contributed by atoms with Gasteiger partial charge in [-0.05, 0) is 31.2 Å². The molecule has 20 heavy (non-hydrogen) atoms. The number of aromatic nitrogens is 3. The van der Waals surface area contributed by atoms with Gasteiger partial charge in [0.2, 0.25) is 5.95 Å². The van der Waals surface area contributed by atoms with Crippen LogP contribution in [0, 0.1) is 0 Å². The Morgan fingerprint density at radius 3 is 2.95 bits per heavy atom. The molecule has 1 aliphatic heterocycles. The van der Waals surface area contributed by atoms with Crippen LogP contribution in [-0.4, -0.2) is 41.4 Å². The number of aromatic amines is 1. The highest BCUT2D eigenvalue weighted by Gasteiger charge is 2.15. The molecule has 1 fully saturated rings. The lowest BCUT2D eigenvalue weighted by atomic mass is 10.2. The van der Waals surface area contributed by atoms with Gasteiger partial charge < -0.3 is 10.2 Å². The molecule has 1 aromatic heterocycles. The van der Waals surface area contributed by atoms with Crippen LogP contribution in [0.4, 0.5) is 5.95 Å². The molecule has 0 radical (unpaired) electrons. The minimum Gasteiger partial charge on any atom is -0.338 e. The van der Waals surface area contributed by atoms with Crippen molar-refractivity contribution < 1.29 is 0 Å². The number of hydrogen-bond donors (Lipinski definition) is 2. The summed E-state index contributed by atoms with van der Waals surface area (Å²) in [6.45, 7) is 3.92. The van der Waals surface area contributed by atoms with Gasteiger partial charge in [0.1, 0.15) is 0 Å². The van der Waals surface area contributed by atoms with Gasteiger partial charge in [-0.2, -0.15) is 4.98 Å². The molecular weight excluding hydrogens is 342 g/mol. The Balaban J connectivity index is 1.85. The van der Waals surface area contributed by atoms with Crippen molar-refractivity contribution in [1.82, 2.24) is 20.5 Å². The monoisotopic (exact) mass is 355 g/mol. The minimum atomic E-state index is 0.672. The number of anilines is 1. The number of nitrogens with one attached hydrogen (secondary N) is 2. The zero-order valence-corrected chi connectivity index (χ0v) is 13.2. The zero-order valence-electron chi connectivity index (χ0n) is 10.9. The van der Waals surface area contributed by atoms with E-state index in [0.29, 0.717) is 5.02 Å². The lowest BCUT2D eigenvalue weighted by molar-refractivity contribution is 0.724. The van der Waals surface area contributed by atoms with Crippen molar-refractivity contribution >= 4 is 33.5 Å². The Labute approximate surface area is 130 Å². The van der Waals surface area contributed by atoms with Gasteiger partial charge in [-0.1, -0.05) is 27.5 Å². The second kappa shape index (κ2) is 6.11. The van der Waals surface area contributed by atoms with E-state index in [4.69, 9.17) is 11.6 Å². The first-order valence-corrected chi connectivity index (χ1v) is 7.74. The van der Waals surface area contributed by atoms with Crippen molar-refractivity contribution in [3.05, 3.63) is 27.7 Å². The SMILES string of the molecule is Clc1cc(Br)cc(-c2nc(N3CCCNCC3)n[nH]2)c1. The van der Waals surface area contributed by atoms with Crippen LogP contribution in [0.1, 0.15) is 6.42 Å². The summed E-state index contributed by atoms with van der Waals surface area (Å²) in [5, 5.41) is 11.4. The minimum absolute atomic E-state index is 0.672. The molecular formula is C13H15BrClN5. The molecule has 0 atom stereocenters. The topological polar surface area (TPSA) is 56.8 Å². The zero-order chi connectivity index (χ0) is 13.9. The number of hydrogen-bond acceptors (Lipinski definition) is 4. The third kappa shape index (κ3) is 3.13. The Morgan fingerprint density at radius 2 is 2.10 bits per heavy atom. The molecule has 5 nitrogen and oxygen atoms in total. The van der Waals surface area contributed by atoms with Crippen LogP contribution in [0.3, 0.4) is 0 Å². The van der Waals surface area contributed by atoms with Crippen molar-refractivity contribution in [1.29, 1.82) is 0 Å². The molecule has 1 aliphatic rings. The lowest BCUT2D eigenvalue weighted by Crippen LogP contribution is -2.28. The van der Waals surface area contributed by atoms with E-state index in [9.17, 15) is 0 Å². The summed E-state index contributed by atoms with van der Waals surface area (Å²) in [4.78, 5) is 6.77. The van der Waals surface area contributed by atoms with Crippen LogP contribution >= 0.6 is 27.5 Å². The van der Waals surface area contributed by atoms with Gasteiger partial charge in [0.05, 0.1) is 0 Å². The Morgan fingerprint density at radius 1 is 1.20 bits per heavy atom. The van der Waals surface area contributed by atoms with E-state index in [0.717, 1.165) is 54.4 Å². The van der Waals surface area contributed by atoms with Crippen LogP contribution in [0.2, 0.25) is 5.02 Å². The first kappa shape index (κ1) is 13.9. The maximum atomic E-state index is 6.07. The van der Waals surface area contributed by atoms with Crippen molar-refractivity contribution in [3.63, 3.8) is 0 Å². The van der Waals surface area contributed by atoms with Crippen LogP contribution in [0.25, 0.3) is 11.4 Å². The molecule has 0 unspecified atom stereocenters. The molecule has 3 rings (SSSR count). The van der Waals surface area contributed by atoms with Crippen molar-refractivity contribution in [3.8, 4) is 11.4 Å². The molecule has 0 aliphatic carbocycles. The summed E-state index contributed by atoms with van der Waals surface area (Å²) in [5.41, 5.74) is 0.927. The lowest BCUT2D eigenvalue weighted by Gasteiger charge is -2.16. The number of benzene rings is 1. The van der Waals surface area contributed by atoms with Crippen molar-refractivity contribution in [2.75, 3.05) is 31.1 Å². The number of halogens is 2. The van der Waals surface area contributed by atoms with Gasteiger partial charge in [-0.3, -0.25) is 5.10 Å². The summed E-state index contributed by atoms with van der Waals surface area (Å²) in [6, 6.07) is 5.70. The Kier molecular flexibility index (Phi) is 4.24. The molecule has 1 saturated heterocycles. The molecule has 0 amide bonds. The first-order valence-electron chi connectivity index (χ1n) is 6.57. The normalized spacial score (nSPS) is 16.2. The third-order valence-electron chi connectivity index (χ3n) is 3.23. The van der Waals surface area contributed by atoms with E-state index < -0.39 is 0 Å². The summed E-state index contributed by atoms with van der Waals surface area (Å²) in [6.07, 6.45) is 1.10. The summed E-state index contributed by atoms with van der Waals surface area (Å²) in [7, 11) is 0. The van der Waals surface area contributed by atoms with Gasteiger partial charge in [-0.15, -0.1) is 5.10 Å². The van der Waals surface area contributed by atoms with Gasteiger partial charge in [0, 0.05) is 34.7 Å². The maximum absolute atomic E-state index is 6.07. The van der Waals surface area contributed by atoms with E-state index >= 15 is 0 Å². The smallest absolute Gasteiger partial charge is 0.245 e. The molecule has 0 bridgehead atoms. The van der Waals surface area contributed by atoms with Crippen LogP contribution in [-0.2, 0) is 0 Å². The molecule has 7 heteroatoms. The summed E-state index contributed by atoms with van der Waals surface area (Å²) >= 11 is 9.51. The quantitative estimate of drug-likeness (QED) is 0.868. The maximum Gasteiger partial charge on any atom is 0.245 e. The van der Waals surface area contributed by atoms with Gasteiger partial charge >= 0.3 is 0 Å². The molecule has 106 valence electrons. The van der Waals surface area contributed by atoms with Gasteiger partial charge in [0.15, 0.2) is 5.82 Å². The summed E-state index contributed by atoms with van der Waals surface area (Å²) in [5.74, 6) is 1.49. The average molecular weight is 357 g/mol. The third-order valence-corrected chi connectivity index (χ3v) is 3.91. The fourth-order valence-electron chi connectivity index (χ4n) is 2.26. The van der Waals surface area contributed by atoms with Crippen molar-refractivity contribution in [2.45, 2.75) is 6.42 Å². The second-order valence-corrected chi connectivity index (χ2v) is 6.08. The highest BCUT2D eigenvalue weighted by Crippen LogP contribution is 2.26. The van der Waals surface area contributed by atoms with Crippen LogP contribution in [0.5, 0.6) is 0 Å². The predicted octanol–water partition coefficient (Wildman–Crippen LogP) is 2.69. The molecule has 2 aromatic rings. The summed E-state index contributed by atoms with van der Waals surface area (Å²) < 4.78 is 0.928. The Bertz CT molecular complexity index is 572. The number of H-pyrrole nitrogens is 1. The molecule has 2 N–H and O–H groups in total. The van der Waals surface area contributed by atoms with Gasteiger partial charge in [-0.25, -0.2) is 0 Å². The molecule has 0 saturated carbocycles. The molecule has 1 aromatic carbocycles. The predicted molar refractivity (Wildman–Crippen MR) is 84.2 cm³/mol. The van der Waals surface area contributed by atoms with E-state index in [1.807, 2.05) is 18.2 Å². The number of rotatable bonds is 2. The largest absolute Gasteiger partial charge is 0.338 e. The standard InChI is InChI=1S/C13H15BrClN5/c14-10-6-9(7-11(15)8-10)12-17-13(19-18-12)20-4-1-2-16-3-5-20/h6-8,16H,1-5H2,(H,17,18,19). The van der Waals surface area contributed by atoms with Crippen LogP contribution in [0.15, 0.2) is 22.7 Å². The van der Waals surface area contributed by atoms with E-state index in [-0.39, 0.29) is 0 Å². The van der Waals surface area contributed by atoms with Crippen molar-refractivity contribution in [2.24, 2.45) is 0 Å². The van der Waals surface area contributed by atoms with E-state index in [1.54, 1.807) is 0 Å². The average Bonchev–Trinajstić information content (AvgIpc) is 2.74. The fourth-order valence-corrected chi connectivity index (χ4v) is 3.12. The molecule has 2 heterocycles. The Hall–Kier alpha value is -1.11. The second-order valence-electron chi connectivity index (χ2n) is 4.73. The van der Waals surface area contributed by atoms with Crippen LogP contribution < -0.4 is 10.2 Å². The fraction of sp³-hybridized carbons (Fsp3) is 0.385. The highest BCUT2D eigenvalue weighted by molar-refractivity contribution is 9.10. The van der Waals surface area contributed by atoms with E-state index in [1.165, 1.54) is 0 Å². The van der Waals surface area contributed by atoms with E-state index in [2.05, 4.69) is 41.3 Å². The first-order chi connectivity index (χ1) is 9.72.